The van der Waals surface area contributed by atoms with Crippen LogP contribution < -0.4 is 14.9 Å². The van der Waals surface area contributed by atoms with Crippen molar-refractivity contribution < 1.29 is 13.2 Å². The van der Waals surface area contributed by atoms with Crippen LogP contribution in [0.5, 0.6) is 0 Å². The summed E-state index contributed by atoms with van der Waals surface area (Å²) in [5.41, 5.74) is 5.26. The van der Waals surface area contributed by atoms with Crippen LogP contribution in [-0.2, 0) is 16.8 Å². The fraction of sp³-hybridized carbons (Fsp3) is 0.290. The smallest absolute Gasteiger partial charge is 0.283 e. The zero-order chi connectivity index (χ0) is 31.6. The predicted molar refractivity (Wildman–Crippen MR) is 179 cm³/mol. The van der Waals surface area contributed by atoms with E-state index in [1.54, 1.807) is 35.0 Å². The van der Waals surface area contributed by atoms with Crippen molar-refractivity contribution in [2.45, 2.75) is 44.7 Å². The summed E-state index contributed by atoms with van der Waals surface area (Å²) in [5, 5.41) is 8.01. The van der Waals surface area contributed by atoms with Gasteiger partial charge in [0.15, 0.2) is 5.69 Å². The number of rotatable bonds is 9. The highest BCUT2D eigenvalue weighted by molar-refractivity contribution is 7.87. The van der Waals surface area contributed by atoms with Gasteiger partial charge in [-0.1, -0.05) is 53.1 Å². The second-order valence-electron chi connectivity index (χ2n) is 10.8. The summed E-state index contributed by atoms with van der Waals surface area (Å²) in [6.07, 6.45) is 4.61. The van der Waals surface area contributed by atoms with Crippen LogP contribution in [0.25, 0.3) is 16.3 Å². The third kappa shape index (κ3) is 8.09. The lowest BCUT2D eigenvalue weighted by atomic mass is 10.1. The Labute approximate surface area is 281 Å². The van der Waals surface area contributed by atoms with E-state index in [0.717, 1.165) is 60.5 Å². The average Bonchev–Trinajstić information content (AvgIpc) is 3.54. The number of carbonyl (C=O) groups excluding carboxylic acids is 1. The van der Waals surface area contributed by atoms with Crippen LogP contribution in [-0.4, -0.2) is 48.2 Å². The van der Waals surface area contributed by atoms with Crippen LogP contribution in [0.15, 0.2) is 54.6 Å². The molecule has 3 N–H and O–H groups in total. The van der Waals surface area contributed by atoms with Gasteiger partial charge in [0.2, 0.25) is 0 Å². The molecule has 0 bridgehead atoms. The zero-order valence-corrected chi connectivity index (χ0v) is 27.8. The minimum atomic E-state index is -3.84. The molecule has 0 radical (unpaired) electrons. The van der Waals surface area contributed by atoms with E-state index < -0.39 is 16.1 Å². The van der Waals surface area contributed by atoms with Gasteiger partial charge in [-0.15, -0.1) is 11.3 Å². The van der Waals surface area contributed by atoms with E-state index in [1.807, 2.05) is 29.3 Å². The highest BCUT2D eigenvalue weighted by atomic mass is 35.5. The van der Waals surface area contributed by atoms with Gasteiger partial charge in [0.1, 0.15) is 0 Å². The number of aromatic nitrogens is 2. The quantitative estimate of drug-likeness (QED) is 0.181. The van der Waals surface area contributed by atoms with Gasteiger partial charge < -0.3 is 0 Å². The second-order valence-corrected chi connectivity index (χ2v) is 14.7. The Bertz CT molecular complexity index is 1890. The molecule has 9 nitrogen and oxygen atoms in total. The molecule has 2 aliphatic rings. The van der Waals surface area contributed by atoms with Crippen molar-refractivity contribution in [3.8, 4) is 28.1 Å². The largest absolute Gasteiger partial charge is 0.286 e. The Hall–Kier alpha value is -2.92. The number of nitrogens with zero attached hydrogens (tertiary/aromatic N) is 3. The van der Waals surface area contributed by atoms with Crippen LogP contribution in [0, 0.1) is 11.8 Å². The Balaban J connectivity index is 1.44. The number of halogens is 3. The number of benzene rings is 2. The van der Waals surface area contributed by atoms with Crippen molar-refractivity contribution >= 4 is 62.3 Å². The lowest BCUT2D eigenvalue weighted by Crippen LogP contribution is -2.45. The minimum absolute atomic E-state index is 0.0814. The molecule has 1 amide bonds. The molecule has 1 saturated heterocycles. The summed E-state index contributed by atoms with van der Waals surface area (Å²) in [6.45, 7) is 1.25. The molecule has 45 heavy (non-hydrogen) atoms. The van der Waals surface area contributed by atoms with Crippen LogP contribution >= 0.6 is 46.1 Å². The number of amides is 1. The summed E-state index contributed by atoms with van der Waals surface area (Å²) in [7, 11) is -3.84. The van der Waals surface area contributed by atoms with Crippen LogP contribution in [0.3, 0.4) is 0 Å². The molecule has 4 aromatic rings. The molecule has 1 aliphatic carbocycles. The summed E-state index contributed by atoms with van der Waals surface area (Å²) in [4.78, 5) is 15.3. The van der Waals surface area contributed by atoms with Crippen LogP contribution in [0.1, 0.15) is 58.6 Å². The van der Waals surface area contributed by atoms with Gasteiger partial charge in [0, 0.05) is 46.8 Å². The number of hydrogen-bond donors (Lipinski definition) is 3. The third-order valence-electron chi connectivity index (χ3n) is 7.30. The highest BCUT2D eigenvalue weighted by Gasteiger charge is 2.31. The molecule has 234 valence electrons. The molecule has 0 unspecified atom stereocenters. The summed E-state index contributed by atoms with van der Waals surface area (Å²) in [6, 6.07) is 15.9. The number of hydrogen-bond acceptors (Lipinski definition) is 6. The second kappa shape index (κ2) is 13.8. The van der Waals surface area contributed by atoms with Crippen molar-refractivity contribution in [1.29, 1.82) is 0 Å². The molecular weight excluding hydrogens is 675 g/mol. The maximum Gasteiger partial charge on any atom is 0.286 e. The van der Waals surface area contributed by atoms with Crippen molar-refractivity contribution in [2.75, 3.05) is 13.1 Å². The lowest BCUT2D eigenvalue weighted by molar-refractivity contribution is 0.0743. The highest BCUT2D eigenvalue weighted by Crippen LogP contribution is 2.37. The first kappa shape index (κ1) is 32.0. The van der Waals surface area contributed by atoms with Gasteiger partial charge in [-0.2, -0.15) is 23.0 Å². The predicted octanol–water partition coefficient (Wildman–Crippen LogP) is 6.18. The molecule has 1 saturated carbocycles. The Kier molecular flexibility index (Phi) is 9.85. The van der Waals surface area contributed by atoms with E-state index >= 15 is 0 Å². The van der Waals surface area contributed by atoms with Gasteiger partial charge >= 0.3 is 0 Å². The van der Waals surface area contributed by atoms with E-state index in [9.17, 15) is 13.2 Å². The summed E-state index contributed by atoms with van der Waals surface area (Å²) < 4.78 is 32.6. The van der Waals surface area contributed by atoms with Crippen LogP contribution in [0.2, 0.25) is 15.1 Å². The molecule has 2 fully saturated rings. The molecular formula is C31H29Cl3N6O3S2. The minimum Gasteiger partial charge on any atom is -0.283 e. The average molecular weight is 704 g/mol. The molecule has 6 rings (SSSR count). The molecule has 1 aliphatic heterocycles. The van der Waals surface area contributed by atoms with Crippen molar-refractivity contribution in [3.63, 3.8) is 0 Å². The number of hydrazine groups is 1. The van der Waals surface area contributed by atoms with Crippen molar-refractivity contribution in [2.24, 2.45) is 0 Å². The van der Waals surface area contributed by atoms with Crippen molar-refractivity contribution in [1.82, 2.24) is 29.7 Å². The molecule has 3 heterocycles. The Morgan fingerprint density at radius 1 is 0.956 bits per heavy atom. The first-order valence-corrected chi connectivity index (χ1v) is 17.9. The fourth-order valence-corrected chi connectivity index (χ4v) is 7.54. The van der Waals surface area contributed by atoms with E-state index in [1.165, 1.54) is 11.3 Å². The Morgan fingerprint density at radius 2 is 1.69 bits per heavy atom. The van der Waals surface area contributed by atoms with Gasteiger partial charge in [-0.25, -0.2) is 9.69 Å². The number of thiophene rings is 1. The lowest BCUT2D eigenvalue weighted by Gasteiger charge is -2.26. The molecule has 2 aromatic heterocycles. The van der Waals surface area contributed by atoms with E-state index in [0.29, 0.717) is 32.0 Å². The topological polar surface area (TPSA) is 108 Å². The van der Waals surface area contributed by atoms with E-state index in [2.05, 4.69) is 26.7 Å². The normalized spacial score (nSPS) is 15.4. The SMILES string of the molecule is O=C(NN1CCCCC1)c1nn(-c2ccc(Cl)cc2Cl)c(-c2ccc(C#Cc3ccc(Cl)cc3)s2)c1CNS(=O)(=O)NC1CC1. The van der Waals surface area contributed by atoms with E-state index in [-0.39, 0.29) is 18.3 Å². The molecule has 2 aromatic carbocycles. The Morgan fingerprint density at radius 3 is 2.40 bits per heavy atom. The molecule has 0 atom stereocenters. The third-order valence-corrected chi connectivity index (χ3v) is 10.3. The van der Waals surface area contributed by atoms with Gasteiger partial charge in [0.05, 0.1) is 26.2 Å². The fourth-order valence-electron chi connectivity index (χ4n) is 4.91. The first-order valence-electron chi connectivity index (χ1n) is 14.4. The number of nitrogens with one attached hydrogen (secondary N) is 3. The zero-order valence-electron chi connectivity index (χ0n) is 23.9. The number of piperidine rings is 1. The van der Waals surface area contributed by atoms with E-state index in [4.69, 9.17) is 39.9 Å². The molecule has 14 heteroatoms. The maximum absolute atomic E-state index is 13.8. The van der Waals surface area contributed by atoms with Gasteiger partial charge in [-0.3, -0.25) is 10.2 Å². The van der Waals surface area contributed by atoms with Gasteiger partial charge in [-0.05, 0) is 80.3 Å². The van der Waals surface area contributed by atoms with Crippen LogP contribution in [0.4, 0.5) is 0 Å². The molecule has 0 spiro atoms. The number of carbonyl (C=O) groups is 1. The van der Waals surface area contributed by atoms with Crippen molar-refractivity contribution in [3.05, 3.63) is 91.4 Å². The monoisotopic (exact) mass is 702 g/mol. The first-order chi connectivity index (χ1) is 21.6. The maximum atomic E-state index is 13.8. The summed E-state index contributed by atoms with van der Waals surface area (Å²) in [5.74, 6) is 5.88. The van der Waals surface area contributed by atoms with Gasteiger partial charge in [0.25, 0.3) is 16.1 Å². The summed E-state index contributed by atoms with van der Waals surface area (Å²) >= 11 is 20.3. The standard InChI is InChI=1S/C31H29Cl3N6O3S2/c32-21-7-4-20(5-8-21)6-12-24-13-15-28(44-24)30-25(19-35-45(42,43)38-23-10-11-23)29(31(41)37-39-16-2-1-3-17-39)36-40(30)27-14-9-22(33)18-26(27)34/h4-5,7-9,13-15,18,23,35,38H,1-3,10-11,16-17,19H2,(H,37,41).